The third-order valence-corrected chi connectivity index (χ3v) is 6.85. The van der Waals surface area contributed by atoms with E-state index in [2.05, 4.69) is 25.4 Å². The van der Waals surface area contributed by atoms with E-state index in [4.69, 9.17) is 0 Å². The third kappa shape index (κ3) is 4.43. The molecule has 0 bridgehead atoms. The highest BCUT2D eigenvalue weighted by molar-refractivity contribution is 5.89. The molecule has 35 heavy (non-hydrogen) atoms. The number of fused-ring (bicyclic) bond motifs is 1. The zero-order valence-corrected chi connectivity index (χ0v) is 19.1. The number of hydrogen-bond acceptors (Lipinski definition) is 5. The second-order valence-electron chi connectivity index (χ2n) is 8.97. The van der Waals surface area contributed by atoms with Gasteiger partial charge < -0.3 is 15.4 Å². The number of allylic oxidation sites excluding steroid dienone is 4. The maximum Gasteiger partial charge on any atom is 0.421 e. The van der Waals surface area contributed by atoms with Gasteiger partial charge in [0.15, 0.2) is 11.2 Å². The Balaban J connectivity index is 1.48. The molecule has 10 heteroatoms. The van der Waals surface area contributed by atoms with Crippen molar-refractivity contribution in [3.63, 3.8) is 0 Å². The number of alkyl halides is 3. The Kier molecular flexibility index (Phi) is 6.33. The van der Waals surface area contributed by atoms with Crippen molar-refractivity contribution in [3.05, 3.63) is 60.9 Å². The first-order valence-corrected chi connectivity index (χ1v) is 11.8. The van der Waals surface area contributed by atoms with E-state index in [-0.39, 0.29) is 18.4 Å². The number of halogens is 3. The van der Waals surface area contributed by atoms with Gasteiger partial charge in [0.25, 0.3) is 0 Å². The number of imidazole rings is 1. The van der Waals surface area contributed by atoms with Gasteiger partial charge in [-0.1, -0.05) is 18.2 Å². The molecule has 5 rings (SSSR count). The van der Waals surface area contributed by atoms with Crippen molar-refractivity contribution in [2.75, 3.05) is 13.1 Å². The van der Waals surface area contributed by atoms with Crippen LogP contribution in [0.2, 0.25) is 0 Å². The molecule has 0 radical (unpaired) electrons. The van der Waals surface area contributed by atoms with E-state index in [1.54, 1.807) is 35.6 Å². The number of H-pyrrole nitrogens is 1. The molecule has 0 spiro atoms. The van der Waals surface area contributed by atoms with Crippen LogP contribution in [0.5, 0.6) is 0 Å². The Labute approximate surface area is 200 Å². The van der Waals surface area contributed by atoms with Crippen LogP contribution in [0.25, 0.3) is 28.0 Å². The summed E-state index contributed by atoms with van der Waals surface area (Å²) >= 11 is 0. The van der Waals surface area contributed by atoms with Gasteiger partial charge in [0.2, 0.25) is 0 Å². The minimum Gasteiger partial charge on any atom is -0.376 e. The smallest absolute Gasteiger partial charge is 0.376 e. The number of aliphatic hydroxyl groups is 1. The highest BCUT2D eigenvalue weighted by Gasteiger charge is 2.59. The Bertz CT molecular complexity index is 1280. The molecular formula is C25H27F3N6O. The summed E-state index contributed by atoms with van der Waals surface area (Å²) in [5.41, 5.74) is 0.751. The van der Waals surface area contributed by atoms with Crippen molar-refractivity contribution >= 4 is 16.9 Å². The predicted molar refractivity (Wildman–Crippen MR) is 127 cm³/mol. The molecular weight excluding hydrogens is 457 g/mol. The van der Waals surface area contributed by atoms with Gasteiger partial charge in [-0.25, -0.2) is 14.6 Å². The van der Waals surface area contributed by atoms with Crippen LogP contribution in [0.4, 0.5) is 13.2 Å². The fourth-order valence-corrected chi connectivity index (χ4v) is 4.95. The molecule has 1 aliphatic heterocycles. The summed E-state index contributed by atoms with van der Waals surface area (Å²) in [5, 5.41) is 18.7. The lowest BCUT2D eigenvalue weighted by atomic mass is 9.75. The van der Waals surface area contributed by atoms with Crippen molar-refractivity contribution in [2.24, 2.45) is 5.92 Å². The zero-order chi connectivity index (χ0) is 24.5. The fraction of sp³-hybridized carbons (Fsp3) is 0.400. The number of hydrogen-bond donors (Lipinski definition) is 3. The van der Waals surface area contributed by atoms with E-state index in [1.807, 2.05) is 18.3 Å². The van der Waals surface area contributed by atoms with Crippen LogP contribution in [0, 0.1) is 5.92 Å². The van der Waals surface area contributed by atoms with E-state index in [0.717, 1.165) is 16.6 Å². The van der Waals surface area contributed by atoms with Gasteiger partial charge in [-0.3, -0.25) is 0 Å². The zero-order valence-electron chi connectivity index (χ0n) is 19.1. The monoisotopic (exact) mass is 484 g/mol. The lowest BCUT2D eigenvalue weighted by Crippen LogP contribution is -2.55. The minimum absolute atomic E-state index is 0.0922. The quantitative estimate of drug-likeness (QED) is 0.503. The number of rotatable bonds is 4. The van der Waals surface area contributed by atoms with E-state index >= 15 is 0 Å². The van der Waals surface area contributed by atoms with Crippen molar-refractivity contribution in [2.45, 2.75) is 43.9 Å². The van der Waals surface area contributed by atoms with Crippen LogP contribution >= 0.6 is 0 Å². The first kappa shape index (κ1) is 23.5. The van der Waals surface area contributed by atoms with Crippen LogP contribution in [-0.4, -0.2) is 54.7 Å². The van der Waals surface area contributed by atoms with Gasteiger partial charge >= 0.3 is 6.18 Å². The molecule has 4 heterocycles. The number of nitrogens with one attached hydrogen (secondary N) is 2. The van der Waals surface area contributed by atoms with E-state index in [1.165, 1.54) is 6.08 Å². The van der Waals surface area contributed by atoms with Crippen LogP contribution in [-0.2, 0) is 0 Å². The Hall–Kier alpha value is -3.24. The number of aromatic nitrogens is 5. The van der Waals surface area contributed by atoms with Gasteiger partial charge in [0.1, 0.15) is 0 Å². The first-order valence-electron chi connectivity index (χ1n) is 11.8. The second-order valence-corrected chi connectivity index (χ2v) is 8.97. The highest BCUT2D eigenvalue weighted by Crippen LogP contribution is 2.46. The summed E-state index contributed by atoms with van der Waals surface area (Å²) in [5.74, 6) is -0.896. The van der Waals surface area contributed by atoms with Crippen molar-refractivity contribution < 1.29 is 18.3 Å². The standard InChI is InChI=1S/C25H27F3N6O/c26-25(27,28)24(35,19-8-11-29-12-9-19)18-4-2-1-3-5-20(7-6-18)34-15-17(14-33-34)21-10-13-30-23-22(21)31-16-32-23/h4-7,10,13-16,19,29,35H,1-3,8-9,11-12H2,(H,30,31,32)/b7-6?,18-4?,20-5-. The van der Waals surface area contributed by atoms with Crippen LogP contribution < -0.4 is 5.32 Å². The lowest BCUT2D eigenvalue weighted by molar-refractivity contribution is -0.264. The molecule has 0 aromatic carbocycles. The molecule has 2 aliphatic rings. The molecule has 1 aliphatic carbocycles. The average Bonchev–Trinajstić information content (AvgIpc) is 3.54. The molecule has 3 N–H and O–H groups in total. The molecule has 1 fully saturated rings. The maximum atomic E-state index is 14.3. The Morgan fingerprint density at radius 1 is 1.06 bits per heavy atom. The molecule has 0 saturated carbocycles. The number of pyridine rings is 1. The Morgan fingerprint density at radius 2 is 1.86 bits per heavy atom. The topological polar surface area (TPSA) is 91.6 Å². The molecule has 184 valence electrons. The van der Waals surface area contributed by atoms with Gasteiger partial charge in [0, 0.05) is 29.4 Å². The number of nitrogens with zero attached hydrogens (tertiary/aromatic N) is 4. The number of aromatic amines is 1. The molecule has 1 saturated heterocycles. The van der Waals surface area contributed by atoms with E-state index in [9.17, 15) is 18.3 Å². The van der Waals surface area contributed by atoms with Gasteiger partial charge in [0.05, 0.1) is 23.7 Å². The Morgan fingerprint density at radius 3 is 2.66 bits per heavy atom. The normalized spacial score (nSPS) is 21.5. The van der Waals surface area contributed by atoms with Crippen molar-refractivity contribution in [3.8, 4) is 11.1 Å². The number of piperidine rings is 1. The average molecular weight is 485 g/mol. The SMILES string of the molecule is OC(C1=CCCC/C=C(\n2cc(-c3ccnc4nc[nH]c34)cn2)C=C1)(C1CCNCC1)C(F)(F)F. The lowest BCUT2D eigenvalue weighted by Gasteiger charge is -2.41. The van der Waals surface area contributed by atoms with Crippen LogP contribution in [0.15, 0.2) is 60.9 Å². The van der Waals surface area contributed by atoms with E-state index < -0.39 is 17.7 Å². The summed E-state index contributed by atoms with van der Waals surface area (Å²) in [4.78, 5) is 11.5. The first-order chi connectivity index (χ1) is 16.9. The summed E-state index contributed by atoms with van der Waals surface area (Å²) in [6, 6.07) is 1.86. The molecule has 1 unspecified atom stereocenters. The minimum atomic E-state index is -4.78. The molecule has 7 nitrogen and oxygen atoms in total. The van der Waals surface area contributed by atoms with Gasteiger partial charge in [-0.15, -0.1) is 0 Å². The molecule has 1 atom stereocenters. The predicted octanol–water partition coefficient (Wildman–Crippen LogP) is 4.62. The summed E-state index contributed by atoms with van der Waals surface area (Å²) in [6.45, 7) is 0.916. The molecule has 0 amide bonds. The fourth-order valence-electron chi connectivity index (χ4n) is 4.95. The van der Waals surface area contributed by atoms with E-state index in [0.29, 0.717) is 43.7 Å². The van der Waals surface area contributed by atoms with Crippen molar-refractivity contribution in [1.82, 2.24) is 30.0 Å². The van der Waals surface area contributed by atoms with Crippen LogP contribution in [0.3, 0.4) is 0 Å². The summed E-state index contributed by atoms with van der Waals surface area (Å²) < 4.78 is 44.6. The highest BCUT2D eigenvalue weighted by atomic mass is 19.4. The van der Waals surface area contributed by atoms with Crippen LogP contribution in [0.1, 0.15) is 32.1 Å². The molecule has 3 aromatic rings. The largest absolute Gasteiger partial charge is 0.421 e. The summed E-state index contributed by atoms with van der Waals surface area (Å²) in [6.07, 6.45) is 10.9. The van der Waals surface area contributed by atoms with Gasteiger partial charge in [-0.2, -0.15) is 18.3 Å². The van der Waals surface area contributed by atoms with Crippen molar-refractivity contribution in [1.29, 1.82) is 0 Å². The second kappa shape index (κ2) is 9.43. The third-order valence-electron chi connectivity index (χ3n) is 6.85. The summed E-state index contributed by atoms with van der Waals surface area (Å²) in [7, 11) is 0. The van der Waals surface area contributed by atoms with Gasteiger partial charge in [-0.05, 0) is 62.9 Å². The molecule has 3 aromatic heterocycles. The maximum absolute atomic E-state index is 14.3.